The van der Waals surface area contributed by atoms with Gasteiger partial charge in [0, 0.05) is 18.3 Å². The van der Waals surface area contributed by atoms with E-state index in [0.717, 1.165) is 11.3 Å². The van der Waals surface area contributed by atoms with Crippen LogP contribution in [0.25, 0.3) is 0 Å². The third-order valence-electron chi connectivity index (χ3n) is 3.92. The maximum Gasteiger partial charge on any atom is 0.261 e. The Morgan fingerprint density at radius 3 is 2.28 bits per heavy atom. The van der Waals surface area contributed by atoms with E-state index in [1.807, 2.05) is 6.07 Å². The summed E-state index contributed by atoms with van der Waals surface area (Å²) in [5.41, 5.74) is 2.68. The Labute approximate surface area is 153 Å². The number of amides is 2. The zero-order valence-corrected chi connectivity index (χ0v) is 16.1. The third kappa shape index (κ3) is 6.02. The summed E-state index contributed by atoms with van der Waals surface area (Å²) in [4.78, 5) is 24.7. The average Bonchev–Trinajstić information content (AvgIpc) is 3.01. The van der Waals surface area contributed by atoms with Crippen LogP contribution >= 0.6 is 11.3 Å². The van der Waals surface area contributed by atoms with Crippen LogP contribution in [0.15, 0.2) is 36.4 Å². The van der Waals surface area contributed by atoms with Crippen LogP contribution < -0.4 is 10.6 Å². The van der Waals surface area contributed by atoms with E-state index >= 15 is 0 Å². The number of benzene rings is 1. The fourth-order valence-corrected chi connectivity index (χ4v) is 3.25. The van der Waals surface area contributed by atoms with E-state index in [-0.39, 0.29) is 17.2 Å². The van der Waals surface area contributed by atoms with Gasteiger partial charge < -0.3 is 10.6 Å². The first-order chi connectivity index (χ1) is 11.8. The Morgan fingerprint density at radius 2 is 1.68 bits per heavy atom. The summed E-state index contributed by atoms with van der Waals surface area (Å²) in [6, 6.07) is 12.2. The first-order valence-electron chi connectivity index (χ1n) is 8.46. The molecule has 0 atom stereocenters. The van der Waals surface area contributed by atoms with Gasteiger partial charge in [-0.1, -0.05) is 45.0 Å². The standard InChI is InChI=1S/C20H26N2O2S/c1-14(23)22-13-17-9-10-18(25-17)19(24)21-12-11-15-5-7-16(8-6-15)20(2,3)4/h5-10H,11-13H2,1-4H3,(H,21,24)(H,22,23). The molecule has 0 aliphatic rings. The second kappa shape index (κ2) is 8.30. The Balaban J connectivity index is 1.81. The fourth-order valence-electron chi connectivity index (χ4n) is 2.39. The van der Waals surface area contributed by atoms with Gasteiger partial charge in [-0.3, -0.25) is 9.59 Å². The number of nitrogens with one attached hydrogen (secondary N) is 2. The quantitative estimate of drug-likeness (QED) is 0.828. The van der Waals surface area contributed by atoms with Gasteiger partial charge in [0.25, 0.3) is 5.91 Å². The van der Waals surface area contributed by atoms with E-state index in [2.05, 4.69) is 55.7 Å². The Morgan fingerprint density at radius 1 is 1.00 bits per heavy atom. The molecule has 2 N–H and O–H groups in total. The zero-order valence-electron chi connectivity index (χ0n) is 15.3. The topological polar surface area (TPSA) is 58.2 Å². The van der Waals surface area contributed by atoms with Gasteiger partial charge in [-0.15, -0.1) is 11.3 Å². The highest BCUT2D eigenvalue weighted by atomic mass is 32.1. The molecule has 5 heteroatoms. The molecule has 0 spiro atoms. The van der Waals surface area contributed by atoms with Gasteiger partial charge in [0.1, 0.15) is 0 Å². The van der Waals surface area contributed by atoms with Gasteiger partial charge >= 0.3 is 0 Å². The molecule has 0 bridgehead atoms. The minimum absolute atomic E-state index is 0.0645. The summed E-state index contributed by atoms with van der Waals surface area (Å²) >= 11 is 1.41. The maximum atomic E-state index is 12.2. The summed E-state index contributed by atoms with van der Waals surface area (Å²) in [5, 5.41) is 5.69. The molecule has 4 nitrogen and oxygen atoms in total. The third-order valence-corrected chi connectivity index (χ3v) is 5.00. The number of carbonyl (C=O) groups excluding carboxylic acids is 2. The lowest BCUT2D eigenvalue weighted by atomic mass is 9.86. The van der Waals surface area contributed by atoms with E-state index in [0.29, 0.717) is 18.0 Å². The lowest BCUT2D eigenvalue weighted by Gasteiger charge is -2.19. The van der Waals surface area contributed by atoms with Crippen LogP contribution in [-0.4, -0.2) is 18.4 Å². The maximum absolute atomic E-state index is 12.2. The van der Waals surface area contributed by atoms with E-state index in [1.165, 1.54) is 29.4 Å². The van der Waals surface area contributed by atoms with E-state index in [9.17, 15) is 9.59 Å². The molecule has 0 aliphatic carbocycles. The molecular weight excluding hydrogens is 332 g/mol. The Kier molecular flexibility index (Phi) is 6.37. The minimum atomic E-state index is -0.0723. The summed E-state index contributed by atoms with van der Waals surface area (Å²) in [7, 11) is 0. The van der Waals surface area contributed by atoms with Crippen molar-refractivity contribution in [2.24, 2.45) is 0 Å². The van der Waals surface area contributed by atoms with Gasteiger partial charge in [-0.25, -0.2) is 0 Å². The van der Waals surface area contributed by atoms with Crippen molar-refractivity contribution in [3.05, 3.63) is 57.3 Å². The Hall–Kier alpha value is -2.14. The van der Waals surface area contributed by atoms with E-state index in [4.69, 9.17) is 0 Å². The molecular formula is C20H26N2O2S. The van der Waals surface area contributed by atoms with Crippen LogP contribution in [0.3, 0.4) is 0 Å². The number of hydrogen-bond acceptors (Lipinski definition) is 3. The zero-order chi connectivity index (χ0) is 18.4. The monoisotopic (exact) mass is 358 g/mol. The highest BCUT2D eigenvalue weighted by molar-refractivity contribution is 7.14. The van der Waals surface area contributed by atoms with Gasteiger partial charge in [0.15, 0.2) is 0 Å². The number of hydrogen-bond donors (Lipinski definition) is 2. The van der Waals surface area contributed by atoms with Crippen molar-refractivity contribution in [1.82, 2.24) is 10.6 Å². The van der Waals surface area contributed by atoms with Crippen molar-refractivity contribution < 1.29 is 9.59 Å². The minimum Gasteiger partial charge on any atom is -0.351 e. The van der Waals surface area contributed by atoms with Gasteiger partial charge in [0.05, 0.1) is 11.4 Å². The summed E-state index contributed by atoms with van der Waals surface area (Å²) in [5.74, 6) is -0.137. The van der Waals surface area contributed by atoms with E-state index < -0.39 is 0 Å². The molecule has 1 aromatic carbocycles. The summed E-state index contributed by atoms with van der Waals surface area (Å²) in [6.45, 7) is 9.14. The van der Waals surface area contributed by atoms with Crippen molar-refractivity contribution in [3.63, 3.8) is 0 Å². The van der Waals surface area contributed by atoms with Crippen LogP contribution in [0.4, 0.5) is 0 Å². The van der Waals surface area contributed by atoms with Crippen molar-refractivity contribution >= 4 is 23.2 Å². The van der Waals surface area contributed by atoms with Gasteiger partial charge in [-0.05, 0) is 35.1 Å². The predicted octanol–water partition coefficient (Wildman–Crippen LogP) is 3.65. The molecule has 0 radical (unpaired) electrons. The van der Waals surface area contributed by atoms with Crippen molar-refractivity contribution in [3.8, 4) is 0 Å². The van der Waals surface area contributed by atoms with Crippen molar-refractivity contribution in [1.29, 1.82) is 0 Å². The molecule has 1 heterocycles. The van der Waals surface area contributed by atoms with Crippen LogP contribution in [0, 0.1) is 0 Å². The summed E-state index contributed by atoms with van der Waals surface area (Å²) in [6.07, 6.45) is 0.806. The first kappa shape index (κ1) is 19.2. The fraction of sp³-hybridized carbons (Fsp3) is 0.400. The highest BCUT2D eigenvalue weighted by Gasteiger charge is 2.13. The molecule has 0 saturated carbocycles. The normalized spacial score (nSPS) is 11.2. The molecule has 0 unspecified atom stereocenters. The number of rotatable bonds is 6. The smallest absolute Gasteiger partial charge is 0.261 e. The Bertz CT molecular complexity index is 727. The van der Waals surface area contributed by atoms with Crippen LogP contribution in [0.5, 0.6) is 0 Å². The average molecular weight is 359 g/mol. The molecule has 0 saturated heterocycles. The second-order valence-corrected chi connectivity index (χ2v) is 8.30. The van der Waals surface area contributed by atoms with E-state index in [1.54, 1.807) is 6.07 Å². The van der Waals surface area contributed by atoms with Gasteiger partial charge in [0.2, 0.25) is 5.91 Å². The molecule has 2 rings (SSSR count). The molecule has 0 aliphatic heterocycles. The molecule has 2 aromatic rings. The molecule has 0 fully saturated rings. The lowest BCUT2D eigenvalue weighted by Crippen LogP contribution is -2.24. The largest absolute Gasteiger partial charge is 0.351 e. The predicted molar refractivity (Wildman–Crippen MR) is 103 cm³/mol. The number of thiophene rings is 1. The SMILES string of the molecule is CC(=O)NCc1ccc(C(=O)NCCc2ccc(C(C)(C)C)cc2)s1. The van der Waals surface area contributed by atoms with Crippen LogP contribution in [0.1, 0.15) is 53.4 Å². The second-order valence-electron chi connectivity index (χ2n) is 7.13. The highest BCUT2D eigenvalue weighted by Crippen LogP contribution is 2.22. The number of carbonyl (C=O) groups is 2. The first-order valence-corrected chi connectivity index (χ1v) is 9.28. The molecule has 25 heavy (non-hydrogen) atoms. The van der Waals surface area contributed by atoms with Gasteiger partial charge in [-0.2, -0.15) is 0 Å². The molecule has 134 valence electrons. The lowest BCUT2D eigenvalue weighted by molar-refractivity contribution is -0.119. The van der Waals surface area contributed by atoms with Crippen LogP contribution in [-0.2, 0) is 23.2 Å². The summed E-state index contributed by atoms with van der Waals surface area (Å²) < 4.78 is 0. The van der Waals surface area contributed by atoms with Crippen molar-refractivity contribution in [2.45, 2.75) is 46.1 Å². The molecule has 2 amide bonds. The van der Waals surface area contributed by atoms with Crippen molar-refractivity contribution in [2.75, 3.05) is 6.54 Å². The molecule has 1 aromatic heterocycles. The van der Waals surface area contributed by atoms with Crippen LogP contribution in [0.2, 0.25) is 0 Å².